The summed E-state index contributed by atoms with van der Waals surface area (Å²) in [6.07, 6.45) is -7.72. The van der Waals surface area contributed by atoms with Gasteiger partial charge in [0.1, 0.15) is 11.6 Å². The SMILES string of the molecule is Cc1nc(C(F)(F)F)cn1-c1ccc(-c2cccc(C(C)(C)C(=O)O)c2)cc1N(N)/C(=C\N)c1ccc(OC(F)(F)F)cc1. The van der Waals surface area contributed by atoms with Gasteiger partial charge < -0.3 is 20.1 Å². The van der Waals surface area contributed by atoms with E-state index in [0.29, 0.717) is 16.7 Å². The number of ether oxygens (including phenoxy) is 1. The maximum atomic E-state index is 13.5. The number of nitrogens with zero attached hydrogens (tertiary/aromatic N) is 3. The van der Waals surface area contributed by atoms with Gasteiger partial charge in [0.25, 0.3) is 0 Å². The molecule has 0 atom stereocenters. The lowest BCUT2D eigenvalue weighted by atomic mass is 9.83. The molecule has 14 heteroatoms. The Morgan fingerprint density at radius 2 is 1.61 bits per heavy atom. The first-order valence-corrected chi connectivity index (χ1v) is 12.9. The van der Waals surface area contributed by atoms with E-state index in [-0.39, 0.29) is 28.5 Å². The second-order valence-corrected chi connectivity index (χ2v) is 10.2. The third-order valence-corrected chi connectivity index (χ3v) is 6.92. The molecule has 0 spiro atoms. The Hall–Kier alpha value is -4.98. The fraction of sp³-hybridized carbons (Fsp3) is 0.200. The first-order valence-electron chi connectivity index (χ1n) is 12.9. The van der Waals surface area contributed by atoms with Crippen LogP contribution < -0.4 is 21.3 Å². The fourth-order valence-electron chi connectivity index (χ4n) is 4.44. The number of aromatic nitrogens is 2. The number of anilines is 1. The molecule has 0 aliphatic carbocycles. The predicted molar refractivity (Wildman–Crippen MR) is 151 cm³/mol. The van der Waals surface area contributed by atoms with Gasteiger partial charge in [-0.25, -0.2) is 10.8 Å². The molecule has 3 aromatic carbocycles. The van der Waals surface area contributed by atoms with Gasteiger partial charge in [0.2, 0.25) is 0 Å². The monoisotopic (exact) mass is 619 g/mol. The molecule has 5 N–H and O–H groups in total. The number of hydrogen-bond donors (Lipinski definition) is 3. The molecule has 0 saturated heterocycles. The third-order valence-electron chi connectivity index (χ3n) is 6.92. The number of halogens is 6. The molecule has 0 unspecified atom stereocenters. The standard InChI is InChI=1S/C30H27F6N5O3/c1-17-39-26(29(31,32)33)16-40(17)23-12-9-20(19-5-4-6-21(13-19)28(2,3)27(42)43)14-24(23)41(38)25(15-37)18-7-10-22(11-8-18)44-30(34,35)36/h4-16H,37-38H2,1-3H3,(H,42,43)/b25-15-. The molecular formula is C30H27F6N5O3. The number of carboxylic acid groups (broad SMARTS) is 1. The number of carboxylic acids is 1. The first kappa shape index (κ1) is 31.9. The molecule has 0 aliphatic heterocycles. The van der Waals surface area contributed by atoms with Crippen molar-refractivity contribution in [2.24, 2.45) is 11.6 Å². The number of aliphatic carboxylic acids is 1. The van der Waals surface area contributed by atoms with Crippen molar-refractivity contribution in [1.82, 2.24) is 9.55 Å². The zero-order chi connectivity index (χ0) is 32.6. The summed E-state index contributed by atoms with van der Waals surface area (Å²) < 4.78 is 83.6. The van der Waals surface area contributed by atoms with E-state index in [9.17, 15) is 36.2 Å². The molecule has 8 nitrogen and oxygen atoms in total. The summed E-state index contributed by atoms with van der Waals surface area (Å²) >= 11 is 0. The quantitative estimate of drug-likeness (QED) is 0.113. The summed E-state index contributed by atoms with van der Waals surface area (Å²) in [5.41, 5.74) is 5.83. The van der Waals surface area contributed by atoms with Crippen molar-refractivity contribution in [3.63, 3.8) is 0 Å². The predicted octanol–water partition coefficient (Wildman–Crippen LogP) is 6.76. The lowest BCUT2D eigenvalue weighted by molar-refractivity contribution is -0.274. The molecule has 0 fully saturated rings. The van der Waals surface area contributed by atoms with Crippen molar-refractivity contribution in [1.29, 1.82) is 0 Å². The highest BCUT2D eigenvalue weighted by Gasteiger charge is 2.35. The zero-order valence-electron chi connectivity index (χ0n) is 23.5. The highest BCUT2D eigenvalue weighted by atomic mass is 19.4. The lowest BCUT2D eigenvalue weighted by Gasteiger charge is -2.26. The maximum absolute atomic E-state index is 13.5. The van der Waals surface area contributed by atoms with Gasteiger partial charge in [-0.15, -0.1) is 13.2 Å². The smallest absolute Gasteiger partial charge is 0.481 e. The average Bonchev–Trinajstić information content (AvgIpc) is 3.35. The van der Waals surface area contributed by atoms with E-state index in [0.717, 1.165) is 29.5 Å². The lowest BCUT2D eigenvalue weighted by Crippen LogP contribution is -2.31. The number of carbonyl (C=O) groups is 1. The number of hydrazine groups is 1. The molecule has 0 radical (unpaired) electrons. The molecule has 4 rings (SSSR count). The molecule has 0 aliphatic rings. The fourth-order valence-corrected chi connectivity index (χ4v) is 4.44. The van der Waals surface area contributed by atoms with Crippen LogP contribution >= 0.6 is 0 Å². The summed E-state index contributed by atoms with van der Waals surface area (Å²) in [5, 5.41) is 10.8. The number of hydrogen-bond acceptors (Lipinski definition) is 6. The number of imidazole rings is 1. The van der Waals surface area contributed by atoms with Crippen LogP contribution in [0.2, 0.25) is 0 Å². The van der Waals surface area contributed by atoms with Gasteiger partial charge in [-0.05, 0) is 73.9 Å². The Bertz CT molecular complexity index is 1710. The van der Waals surface area contributed by atoms with E-state index >= 15 is 0 Å². The van der Waals surface area contributed by atoms with Crippen molar-refractivity contribution in [2.75, 3.05) is 5.01 Å². The topological polar surface area (TPSA) is 120 Å². The molecule has 232 valence electrons. The van der Waals surface area contributed by atoms with Gasteiger partial charge >= 0.3 is 18.5 Å². The second kappa shape index (κ2) is 11.6. The Balaban J connectivity index is 1.87. The maximum Gasteiger partial charge on any atom is 0.573 e. The van der Waals surface area contributed by atoms with E-state index in [2.05, 4.69) is 9.72 Å². The van der Waals surface area contributed by atoms with Crippen LogP contribution in [0.3, 0.4) is 0 Å². The van der Waals surface area contributed by atoms with Gasteiger partial charge in [0, 0.05) is 18.0 Å². The minimum atomic E-state index is -4.90. The summed E-state index contributed by atoms with van der Waals surface area (Å²) in [6, 6.07) is 16.1. The van der Waals surface area contributed by atoms with E-state index in [4.69, 9.17) is 11.6 Å². The summed E-state index contributed by atoms with van der Waals surface area (Å²) in [4.78, 5) is 15.5. The Morgan fingerprint density at radius 3 is 2.16 bits per heavy atom. The van der Waals surface area contributed by atoms with Crippen LogP contribution in [0.4, 0.5) is 32.0 Å². The minimum absolute atomic E-state index is 0.00291. The number of nitrogens with two attached hydrogens (primary N) is 2. The van der Waals surface area contributed by atoms with E-state index in [1.807, 2.05) is 0 Å². The minimum Gasteiger partial charge on any atom is -0.481 e. The van der Waals surface area contributed by atoms with Gasteiger partial charge in [-0.1, -0.05) is 30.3 Å². The second-order valence-electron chi connectivity index (χ2n) is 10.2. The number of aryl methyl sites for hydroxylation is 1. The van der Waals surface area contributed by atoms with E-state index in [1.165, 1.54) is 29.7 Å². The molecular weight excluding hydrogens is 592 g/mol. The van der Waals surface area contributed by atoms with Gasteiger partial charge in [-0.3, -0.25) is 9.80 Å². The third kappa shape index (κ3) is 6.64. The van der Waals surface area contributed by atoms with Gasteiger partial charge in [0.05, 0.1) is 22.5 Å². The van der Waals surface area contributed by atoms with E-state index < -0.39 is 35.4 Å². The largest absolute Gasteiger partial charge is 0.573 e. The Morgan fingerprint density at radius 1 is 0.977 bits per heavy atom. The first-order chi connectivity index (χ1) is 20.4. The van der Waals surface area contributed by atoms with Crippen molar-refractivity contribution in [2.45, 2.75) is 38.7 Å². The summed E-state index contributed by atoms with van der Waals surface area (Å²) in [7, 11) is 0. The van der Waals surface area contributed by atoms with Crippen LogP contribution in [-0.4, -0.2) is 27.0 Å². The molecule has 44 heavy (non-hydrogen) atoms. The highest BCUT2D eigenvalue weighted by Crippen LogP contribution is 2.37. The normalized spacial score (nSPS) is 12.7. The zero-order valence-corrected chi connectivity index (χ0v) is 23.5. The molecule has 0 bridgehead atoms. The van der Waals surface area contributed by atoms with E-state index in [1.54, 1.807) is 50.2 Å². The molecule has 1 heterocycles. The molecule has 0 saturated carbocycles. The van der Waals surface area contributed by atoms with Crippen molar-refractivity contribution < 1.29 is 41.0 Å². The average molecular weight is 620 g/mol. The van der Waals surface area contributed by atoms with Crippen molar-refractivity contribution in [3.05, 3.63) is 102 Å². The number of alkyl halides is 6. The van der Waals surface area contributed by atoms with Crippen LogP contribution in [-0.2, 0) is 16.4 Å². The number of rotatable bonds is 8. The van der Waals surface area contributed by atoms with Crippen LogP contribution in [0.15, 0.2) is 79.1 Å². The van der Waals surface area contributed by atoms with Gasteiger partial charge in [-0.2, -0.15) is 13.2 Å². The van der Waals surface area contributed by atoms with Crippen LogP contribution in [0.25, 0.3) is 22.5 Å². The van der Waals surface area contributed by atoms with Crippen LogP contribution in [0.1, 0.15) is 36.5 Å². The summed E-state index contributed by atoms with van der Waals surface area (Å²) in [6.45, 7) is 4.48. The van der Waals surface area contributed by atoms with Crippen LogP contribution in [0.5, 0.6) is 5.75 Å². The van der Waals surface area contributed by atoms with Crippen molar-refractivity contribution in [3.8, 4) is 22.6 Å². The summed E-state index contributed by atoms with van der Waals surface area (Å²) in [5.74, 6) is 5.00. The highest BCUT2D eigenvalue weighted by molar-refractivity contribution is 5.85. The molecule has 0 amide bonds. The Kier molecular flexibility index (Phi) is 8.42. The van der Waals surface area contributed by atoms with Crippen LogP contribution in [0, 0.1) is 6.92 Å². The number of benzene rings is 3. The Labute approximate surface area is 247 Å². The molecule has 1 aromatic heterocycles. The van der Waals surface area contributed by atoms with Crippen molar-refractivity contribution >= 4 is 17.4 Å². The van der Waals surface area contributed by atoms with Gasteiger partial charge in [0.15, 0.2) is 5.69 Å². The molecule has 4 aromatic rings.